The molecule has 0 aliphatic carbocycles. The minimum absolute atomic E-state index is 0.0149. The number of nitrogens with one attached hydrogen (secondary N) is 1. The molecule has 9 heteroatoms. The van der Waals surface area contributed by atoms with Crippen molar-refractivity contribution < 1.29 is 26.7 Å². The van der Waals surface area contributed by atoms with Crippen molar-refractivity contribution >= 4 is 21.6 Å². The lowest BCUT2D eigenvalue weighted by atomic mass is 9.97. The first-order valence-electron chi connectivity index (χ1n) is 7.65. The largest absolute Gasteiger partial charge is 0.435 e. The zero-order valence-corrected chi connectivity index (χ0v) is 14.1. The quantitative estimate of drug-likeness (QED) is 0.842. The predicted octanol–water partition coefficient (Wildman–Crippen LogP) is 2.29. The van der Waals surface area contributed by atoms with Crippen LogP contribution < -0.4 is 10.1 Å². The van der Waals surface area contributed by atoms with Gasteiger partial charge in [-0.15, -0.1) is 0 Å². The van der Waals surface area contributed by atoms with Crippen LogP contribution in [0.5, 0.6) is 5.75 Å². The third-order valence-corrected chi connectivity index (χ3v) is 5.81. The number of alkyl halides is 2. The number of piperidine rings is 1. The van der Waals surface area contributed by atoms with Gasteiger partial charge in [-0.1, -0.05) is 0 Å². The van der Waals surface area contributed by atoms with Crippen LogP contribution >= 0.6 is 0 Å². The van der Waals surface area contributed by atoms with E-state index in [1.165, 1.54) is 28.6 Å². The molecule has 1 amide bonds. The van der Waals surface area contributed by atoms with E-state index in [1.807, 2.05) is 0 Å². The summed E-state index contributed by atoms with van der Waals surface area (Å²) >= 11 is 0. The van der Waals surface area contributed by atoms with Gasteiger partial charge in [0.1, 0.15) is 5.75 Å². The Bertz CT molecular complexity index is 657. The van der Waals surface area contributed by atoms with Crippen LogP contribution in [0.15, 0.2) is 24.3 Å². The zero-order valence-electron chi connectivity index (χ0n) is 13.2. The number of nitrogens with zero attached hydrogens (tertiary/aromatic N) is 1. The fourth-order valence-corrected chi connectivity index (χ4v) is 3.68. The smallest absolute Gasteiger partial charge is 0.387 e. The van der Waals surface area contributed by atoms with E-state index in [0.717, 1.165) is 0 Å². The molecule has 0 aromatic heterocycles. The summed E-state index contributed by atoms with van der Waals surface area (Å²) in [7, 11) is -3.22. The molecule has 1 aromatic rings. The average Bonchev–Trinajstić information content (AvgIpc) is 2.56. The Kier molecular flexibility index (Phi) is 6.11. The standard InChI is InChI=1S/C15H20F2N2O4S/c1-2-24(21,22)19-9-7-11(8-10-19)14(20)18-12-3-5-13(6-4-12)23-15(16)17/h3-6,11,15H,2,7-10H2,1H3,(H,18,20). The van der Waals surface area contributed by atoms with Crippen molar-refractivity contribution in [2.75, 3.05) is 24.2 Å². The van der Waals surface area contributed by atoms with Gasteiger partial charge in [-0.05, 0) is 44.0 Å². The molecule has 6 nitrogen and oxygen atoms in total. The van der Waals surface area contributed by atoms with Crippen LogP contribution in [-0.2, 0) is 14.8 Å². The number of sulfonamides is 1. The SMILES string of the molecule is CCS(=O)(=O)N1CCC(C(=O)Nc2ccc(OC(F)F)cc2)CC1. The molecule has 1 aliphatic rings. The molecule has 1 fully saturated rings. The number of halogens is 2. The normalized spacial score (nSPS) is 17.0. The van der Waals surface area contributed by atoms with Gasteiger partial charge in [0.25, 0.3) is 0 Å². The molecular formula is C15H20F2N2O4S. The van der Waals surface area contributed by atoms with Gasteiger partial charge in [-0.2, -0.15) is 8.78 Å². The van der Waals surface area contributed by atoms with Crippen LogP contribution in [0.25, 0.3) is 0 Å². The van der Waals surface area contributed by atoms with E-state index in [4.69, 9.17) is 0 Å². The van der Waals surface area contributed by atoms with Crippen molar-refractivity contribution in [3.05, 3.63) is 24.3 Å². The first-order chi connectivity index (χ1) is 11.3. The summed E-state index contributed by atoms with van der Waals surface area (Å²) in [5.41, 5.74) is 0.477. The van der Waals surface area contributed by atoms with Gasteiger partial charge in [-0.25, -0.2) is 12.7 Å². The van der Waals surface area contributed by atoms with Crippen molar-refractivity contribution in [1.29, 1.82) is 0 Å². The van der Waals surface area contributed by atoms with Crippen LogP contribution in [0, 0.1) is 5.92 Å². The maximum atomic E-state index is 12.2. The summed E-state index contributed by atoms with van der Waals surface area (Å²) in [6, 6.07) is 5.65. The van der Waals surface area contributed by atoms with E-state index >= 15 is 0 Å². The predicted molar refractivity (Wildman–Crippen MR) is 85.5 cm³/mol. The van der Waals surface area contributed by atoms with Gasteiger partial charge in [-0.3, -0.25) is 4.79 Å². The first-order valence-corrected chi connectivity index (χ1v) is 9.26. The van der Waals surface area contributed by atoms with Crippen LogP contribution in [-0.4, -0.2) is 44.1 Å². The Hall–Kier alpha value is -1.74. The number of amides is 1. The molecule has 2 rings (SSSR count). The molecule has 0 radical (unpaired) electrons. The summed E-state index contributed by atoms with van der Waals surface area (Å²) in [4.78, 5) is 12.2. The number of hydrogen-bond acceptors (Lipinski definition) is 4. The number of hydrogen-bond donors (Lipinski definition) is 1. The van der Waals surface area contributed by atoms with Crippen molar-refractivity contribution in [1.82, 2.24) is 4.31 Å². The highest BCUT2D eigenvalue weighted by Gasteiger charge is 2.30. The molecule has 0 unspecified atom stereocenters. The monoisotopic (exact) mass is 362 g/mol. The molecule has 1 aromatic carbocycles. The minimum atomic E-state index is -3.22. The number of benzene rings is 1. The molecular weight excluding hydrogens is 342 g/mol. The van der Waals surface area contributed by atoms with Crippen LogP contribution in [0.2, 0.25) is 0 Å². The third kappa shape index (κ3) is 4.88. The Labute approximate surface area is 139 Å². The van der Waals surface area contributed by atoms with Crippen molar-refractivity contribution in [2.45, 2.75) is 26.4 Å². The highest BCUT2D eigenvalue weighted by atomic mass is 32.2. The lowest BCUT2D eigenvalue weighted by molar-refractivity contribution is -0.120. The van der Waals surface area contributed by atoms with E-state index in [9.17, 15) is 22.0 Å². The van der Waals surface area contributed by atoms with E-state index in [2.05, 4.69) is 10.1 Å². The van der Waals surface area contributed by atoms with E-state index < -0.39 is 16.6 Å². The van der Waals surface area contributed by atoms with Gasteiger partial charge >= 0.3 is 6.61 Å². The number of ether oxygens (including phenoxy) is 1. The summed E-state index contributed by atoms with van der Waals surface area (Å²) in [5, 5.41) is 2.71. The maximum absolute atomic E-state index is 12.2. The van der Waals surface area contributed by atoms with Crippen LogP contribution in [0.3, 0.4) is 0 Å². The van der Waals surface area contributed by atoms with Crippen molar-refractivity contribution in [3.63, 3.8) is 0 Å². The van der Waals surface area contributed by atoms with E-state index in [0.29, 0.717) is 31.6 Å². The summed E-state index contributed by atoms with van der Waals surface area (Å²) < 4.78 is 53.4. The number of carbonyl (C=O) groups excluding carboxylic acids is 1. The molecule has 1 heterocycles. The Morgan fingerprint density at radius 1 is 1.29 bits per heavy atom. The minimum Gasteiger partial charge on any atom is -0.435 e. The molecule has 24 heavy (non-hydrogen) atoms. The van der Waals surface area contributed by atoms with Gasteiger partial charge in [0.05, 0.1) is 5.75 Å². The fraction of sp³-hybridized carbons (Fsp3) is 0.533. The highest BCUT2D eigenvalue weighted by Crippen LogP contribution is 2.23. The molecule has 1 aliphatic heterocycles. The zero-order chi connectivity index (χ0) is 17.7. The average molecular weight is 362 g/mol. The second kappa shape index (κ2) is 7.89. The lowest BCUT2D eigenvalue weighted by Gasteiger charge is -2.30. The maximum Gasteiger partial charge on any atom is 0.387 e. The topological polar surface area (TPSA) is 75.7 Å². The third-order valence-electron chi connectivity index (χ3n) is 3.93. The summed E-state index contributed by atoms with van der Waals surface area (Å²) in [6.45, 7) is -0.643. The summed E-state index contributed by atoms with van der Waals surface area (Å²) in [6.07, 6.45) is 0.912. The van der Waals surface area contributed by atoms with Gasteiger partial charge < -0.3 is 10.1 Å². The summed E-state index contributed by atoms with van der Waals surface area (Å²) in [5.74, 6) is -0.408. The molecule has 1 N–H and O–H groups in total. The second-order valence-electron chi connectivity index (χ2n) is 5.47. The molecule has 1 saturated heterocycles. The molecule has 0 saturated carbocycles. The molecule has 0 atom stereocenters. The van der Waals surface area contributed by atoms with Crippen molar-refractivity contribution in [3.8, 4) is 5.75 Å². The van der Waals surface area contributed by atoms with E-state index in [1.54, 1.807) is 6.92 Å². The lowest BCUT2D eigenvalue weighted by Crippen LogP contribution is -2.42. The molecule has 0 spiro atoms. The molecule has 0 bridgehead atoms. The van der Waals surface area contributed by atoms with Crippen LogP contribution in [0.4, 0.5) is 14.5 Å². The van der Waals surface area contributed by atoms with E-state index in [-0.39, 0.29) is 23.3 Å². The van der Waals surface area contributed by atoms with Crippen molar-refractivity contribution in [2.24, 2.45) is 5.92 Å². The van der Waals surface area contributed by atoms with Crippen LogP contribution in [0.1, 0.15) is 19.8 Å². The first kappa shape index (κ1) is 18.6. The molecule has 134 valence electrons. The number of rotatable bonds is 6. The number of anilines is 1. The Morgan fingerprint density at radius 3 is 2.38 bits per heavy atom. The van der Waals surface area contributed by atoms with Gasteiger partial charge in [0.15, 0.2) is 0 Å². The highest BCUT2D eigenvalue weighted by molar-refractivity contribution is 7.89. The number of carbonyl (C=O) groups is 1. The fourth-order valence-electron chi connectivity index (χ4n) is 2.54. The van der Waals surface area contributed by atoms with Gasteiger partial charge in [0.2, 0.25) is 15.9 Å². The Balaban J connectivity index is 1.87. The van der Waals surface area contributed by atoms with Gasteiger partial charge in [0, 0.05) is 24.7 Å². The Morgan fingerprint density at radius 2 is 1.88 bits per heavy atom. The second-order valence-corrected chi connectivity index (χ2v) is 7.72.